The molecule has 0 saturated carbocycles. The topological polar surface area (TPSA) is 175 Å². The molecule has 7 unspecified atom stereocenters. The Hall–Kier alpha value is -2.90. The van der Waals surface area contributed by atoms with E-state index in [-0.39, 0.29) is 18.5 Å². The molecule has 6 N–H and O–H groups in total. The van der Waals surface area contributed by atoms with Gasteiger partial charge in [-0.2, -0.15) is 0 Å². The molecule has 1 aliphatic heterocycles. The van der Waals surface area contributed by atoms with Crippen LogP contribution in [0.1, 0.15) is 399 Å². The monoisotopic (exact) mass is 1360 g/mol. The summed E-state index contributed by atoms with van der Waals surface area (Å²) in [5.74, 6) is -0.186. The Labute approximate surface area is 598 Å². The zero-order chi connectivity index (χ0) is 70.1. The SMILES string of the molecule is CCCCC/C=C\C/C=C\CCCCCCCC(=O)OCCCCCCCCCCCCCCCCC/C=C\C/C=C\CCCCCCCCCCCCCCCCCCCC(=O)NC(COC1OC(CO)C(O)C(O)C1O)C(O)/C=C/CC/C=C/CCCCCCCCCCC. The molecule has 0 aromatic carbocycles. The Kier molecular flexibility index (Phi) is 70.5. The smallest absolute Gasteiger partial charge is 0.305 e. The van der Waals surface area contributed by atoms with Crippen molar-refractivity contribution in [3.8, 4) is 0 Å². The molecule has 0 aromatic rings. The van der Waals surface area contributed by atoms with Crippen LogP contribution in [-0.4, -0.2) is 100 Å². The third kappa shape index (κ3) is 62.6. The van der Waals surface area contributed by atoms with Crippen molar-refractivity contribution >= 4 is 11.9 Å². The Morgan fingerprint density at radius 1 is 0.381 bits per heavy atom. The van der Waals surface area contributed by atoms with Gasteiger partial charge in [-0.05, 0) is 109 Å². The standard InChI is InChI=1S/C86H157NO10/c1-3-5-7-9-11-13-15-17-44-48-52-56-60-64-68-72-79(89)78(77-96-86-85(94)84(93)83(92)80(76-88)97-86)87-81(90)73-69-65-61-57-53-49-46-42-40-38-36-34-32-30-28-26-24-22-20-19-21-23-25-27-29-31-33-35-37-39-41-43-47-51-55-59-63-67-71-75-95-82(91)74-70-66-62-58-54-50-45-18-16-14-12-10-8-6-4-2/h12,14,18-20,23,25,45,52,56,68,72,78-80,83-86,88-89,92-94H,3-11,13,15-17,21-22,24,26-44,46-51,53-55,57-67,69-71,73-77H2,1-2H3,(H,87,90)/b14-12-,20-19-,25-23-,45-18-,56-52+,72-68+. The molecule has 1 amide bonds. The van der Waals surface area contributed by atoms with Crippen molar-refractivity contribution in [1.29, 1.82) is 0 Å². The van der Waals surface area contributed by atoms with Crippen LogP contribution in [0.25, 0.3) is 0 Å². The number of hydrogen-bond donors (Lipinski definition) is 6. The van der Waals surface area contributed by atoms with E-state index in [0.29, 0.717) is 19.4 Å². The lowest BCUT2D eigenvalue weighted by Gasteiger charge is -2.40. The zero-order valence-corrected chi connectivity index (χ0v) is 63.3. The van der Waals surface area contributed by atoms with Crippen molar-refractivity contribution in [2.24, 2.45) is 0 Å². The van der Waals surface area contributed by atoms with Crippen molar-refractivity contribution in [2.45, 2.75) is 442 Å². The first-order valence-corrected chi connectivity index (χ1v) is 41.7. The molecule has 0 aliphatic carbocycles. The van der Waals surface area contributed by atoms with Gasteiger partial charge in [-0.25, -0.2) is 0 Å². The molecular weight excluding hydrogens is 1210 g/mol. The second-order valence-electron chi connectivity index (χ2n) is 28.8. The molecule has 0 aromatic heterocycles. The fourth-order valence-electron chi connectivity index (χ4n) is 13.0. The number of ether oxygens (including phenoxy) is 3. The van der Waals surface area contributed by atoms with Crippen LogP contribution in [0.2, 0.25) is 0 Å². The number of unbranched alkanes of at least 4 members (excludes halogenated alkanes) is 50. The minimum absolute atomic E-state index is 0.000432. The lowest BCUT2D eigenvalue weighted by molar-refractivity contribution is -0.302. The maximum atomic E-state index is 13.1. The lowest BCUT2D eigenvalue weighted by Crippen LogP contribution is -2.60. The zero-order valence-electron chi connectivity index (χ0n) is 63.3. The summed E-state index contributed by atoms with van der Waals surface area (Å²) in [7, 11) is 0. The highest BCUT2D eigenvalue weighted by atomic mass is 16.7. The Morgan fingerprint density at radius 2 is 0.701 bits per heavy atom. The normalized spacial score (nSPS) is 17.6. The van der Waals surface area contributed by atoms with Gasteiger partial charge in [0.25, 0.3) is 0 Å². The third-order valence-corrected chi connectivity index (χ3v) is 19.5. The van der Waals surface area contributed by atoms with Crippen molar-refractivity contribution in [3.63, 3.8) is 0 Å². The fourth-order valence-corrected chi connectivity index (χ4v) is 13.0. The van der Waals surface area contributed by atoms with Crippen molar-refractivity contribution in [2.75, 3.05) is 19.8 Å². The molecule has 11 heteroatoms. The Morgan fingerprint density at radius 3 is 1.10 bits per heavy atom. The highest BCUT2D eigenvalue weighted by Crippen LogP contribution is 2.24. The first-order chi connectivity index (χ1) is 47.7. The number of rotatable bonds is 74. The fraction of sp³-hybridized carbons (Fsp3) is 0.837. The van der Waals surface area contributed by atoms with Crippen LogP contribution in [0.5, 0.6) is 0 Å². The summed E-state index contributed by atoms with van der Waals surface area (Å²) in [5.41, 5.74) is 0. The summed E-state index contributed by atoms with van der Waals surface area (Å²) in [5, 5.41) is 54.6. The average Bonchev–Trinajstić information content (AvgIpc) is 1.20. The molecule has 11 nitrogen and oxygen atoms in total. The van der Waals surface area contributed by atoms with Crippen molar-refractivity contribution in [3.05, 3.63) is 72.9 Å². The third-order valence-electron chi connectivity index (χ3n) is 19.5. The second-order valence-corrected chi connectivity index (χ2v) is 28.8. The molecule has 1 heterocycles. The summed E-state index contributed by atoms with van der Waals surface area (Å²) in [4.78, 5) is 25.2. The maximum Gasteiger partial charge on any atom is 0.305 e. The highest BCUT2D eigenvalue weighted by Gasteiger charge is 2.44. The first kappa shape index (κ1) is 92.1. The first-order valence-electron chi connectivity index (χ1n) is 41.7. The molecular formula is C86H157NO10. The van der Waals surface area contributed by atoms with Crippen molar-refractivity contribution in [1.82, 2.24) is 5.32 Å². The van der Waals surface area contributed by atoms with E-state index >= 15 is 0 Å². The van der Waals surface area contributed by atoms with E-state index in [0.717, 1.165) is 70.6 Å². The van der Waals surface area contributed by atoms with E-state index in [9.17, 15) is 35.1 Å². The lowest BCUT2D eigenvalue weighted by atomic mass is 9.99. The highest BCUT2D eigenvalue weighted by molar-refractivity contribution is 5.76. The molecule has 1 rings (SSSR count). The van der Waals surface area contributed by atoms with E-state index in [2.05, 4.69) is 79.9 Å². The van der Waals surface area contributed by atoms with E-state index in [1.807, 2.05) is 6.08 Å². The number of esters is 1. The molecule has 1 aliphatic rings. The predicted molar refractivity (Wildman–Crippen MR) is 412 cm³/mol. The van der Waals surface area contributed by atoms with Crippen molar-refractivity contribution < 1.29 is 49.3 Å². The minimum atomic E-state index is -1.58. The van der Waals surface area contributed by atoms with Gasteiger partial charge in [0.15, 0.2) is 6.29 Å². The summed E-state index contributed by atoms with van der Waals surface area (Å²) in [6.45, 7) is 4.34. The molecule has 7 atom stereocenters. The number of amides is 1. The number of aliphatic hydroxyl groups is 5. The Balaban J connectivity index is 1.92. The average molecular weight is 1370 g/mol. The van der Waals surface area contributed by atoms with Crippen LogP contribution in [0, 0.1) is 0 Å². The number of carbonyl (C=O) groups excluding carboxylic acids is 2. The summed E-state index contributed by atoms with van der Waals surface area (Å²) in [6, 6.07) is -0.827. The summed E-state index contributed by atoms with van der Waals surface area (Å²) < 4.78 is 16.8. The Bertz CT molecular complexity index is 1850. The van der Waals surface area contributed by atoms with Crippen LogP contribution >= 0.6 is 0 Å². The largest absolute Gasteiger partial charge is 0.466 e. The van der Waals surface area contributed by atoms with Gasteiger partial charge in [-0.3, -0.25) is 9.59 Å². The molecule has 1 fully saturated rings. The summed E-state index contributed by atoms with van der Waals surface area (Å²) >= 11 is 0. The molecule has 0 spiro atoms. The van der Waals surface area contributed by atoms with Crippen LogP contribution in [0.4, 0.5) is 0 Å². The quantitative estimate of drug-likeness (QED) is 0.0195. The molecule has 97 heavy (non-hydrogen) atoms. The van der Waals surface area contributed by atoms with Crippen LogP contribution in [0.15, 0.2) is 72.9 Å². The number of carbonyl (C=O) groups is 2. The molecule has 1 saturated heterocycles. The minimum Gasteiger partial charge on any atom is -0.466 e. The number of nitrogens with one attached hydrogen (secondary N) is 1. The van der Waals surface area contributed by atoms with E-state index in [4.69, 9.17) is 14.2 Å². The van der Waals surface area contributed by atoms with Gasteiger partial charge in [0.05, 0.1) is 32.0 Å². The van der Waals surface area contributed by atoms with Gasteiger partial charge in [0, 0.05) is 12.8 Å². The van der Waals surface area contributed by atoms with Gasteiger partial charge in [-0.1, -0.05) is 350 Å². The van der Waals surface area contributed by atoms with E-state index in [1.165, 1.54) is 302 Å². The molecule has 0 bridgehead atoms. The van der Waals surface area contributed by atoms with E-state index < -0.39 is 49.5 Å². The summed E-state index contributed by atoms with van der Waals surface area (Å²) in [6.07, 6.45) is 92.2. The molecule has 566 valence electrons. The number of hydrogen-bond acceptors (Lipinski definition) is 10. The van der Waals surface area contributed by atoms with Crippen LogP contribution in [0.3, 0.4) is 0 Å². The van der Waals surface area contributed by atoms with Gasteiger partial charge in [0.2, 0.25) is 5.91 Å². The van der Waals surface area contributed by atoms with Gasteiger partial charge >= 0.3 is 5.97 Å². The molecule has 0 radical (unpaired) electrons. The number of aliphatic hydroxyl groups excluding tert-OH is 5. The number of allylic oxidation sites excluding steroid dienone is 11. The predicted octanol–water partition coefficient (Wildman–Crippen LogP) is 23.0. The maximum absolute atomic E-state index is 13.1. The second kappa shape index (κ2) is 74.3. The van der Waals surface area contributed by atoms with Gasteiger partial charge in [0.1, 0.15) is 24.4 Å². The van der Waals surface area contributed by atoms with Gasteiger partial charge in [-0.15, -0.1) is 0 Å². The van der Waals surface area contributed by atoms with E-state index in [1.54, 1.807) is 6.08 Å². The van der Waals surface area contributed by atoms with Gasteiger partial charge < -0.3 is 45.1 Å². The van der Waals surface area contributed by atoms with Crippen LogP contribution in [-0.2, 0) is 23.8 Å². The van der Waals surface area contributed by atoms with Crippen LogP contribution < -0.4 is 5.32 Å².